The molecule has 0 unspecified atom stereocenters. The number of ether oxygens (including phenoxy) is 1. The first-order chi connectivity index (χ1) is 11.9. The quantitative estimate of drug-likeness (QED) is 0.403. The number of hydrogen-bond acceptors (Lipinski definition) is 6. The van der Waals surface area contributed by atoms with E-state index < -0.39 is 17.5 Å². The van der Waals surface area contributed by atoms with Crippen LogP contribution >= 0.6 is 0 Å². The molecule has 0 bridgehead atoms. The summed E-state index contributed by atoms with van der Waals surface area (Å²) in [5.41, 5.74) is 0.252. The van der Waals surface area contributed by atoms with E-state index in [2.05, 4.69) is 10.6 Å². The number of nitrogens with zero attached hydrogens (tertiary/aromatic N) is 1. The summed E-state index contributed by atoms with van der Waals surface area (Å²) in [6.07, 6.45) is 3.54. The number of hydrogen-bond donors (Lipinski definition) is 2. The summed E-state index contributed by atoms with van der Waals surface area (Å²) >= 11 is 0. The second-order valence-electron chi connectivity index (χ2n) is 6.06. The molecule has 136 valence electrons. The lowest BCUT2D eigenvalue weighted by molar-refractivity contribution is -0.384. The molecule has 1 saturated carbocycles. The van der Waals surface area contributed by atoms with E-state index in [1.165, 1.54) is 18.2 Å². The average Bonchev–Trinajstić information content (AvgIpc) is 3.41. The van der Waals surface area contributed by atoms with Crippen molar-refractivity contribution in [3.8, 4) is 0 Å². The molecule has 8 heteroatoms. The first-order valence-corrected chi connectivity index (χ1v) is 8.46. The van der Waals surface area contributed by atoms with Crippen LogP contribution in [0, 0.1) is 10.1 Å². The molecule has 0 radical (unpaired) electrons. The van der Waals surface area contributed by atoms with E-state index in [1.54, 1.807) is 0 Å². The molecule has 0 atom stereocenters. The molecule has 0 saturated heterocycles. The highest BCUT2D eigenvalue weighted by Gasteiger charge is 2.26. The van der Waals surface area contributed by atoms with Crippen LogP contribution in [0.2, 0.25) is 0 Å². The van der Waals surface area contributed by atoms with Gasteiger partial charge in [-0.3, -0.25) is 14.9 Å². The molecule has 1 aliphatic carbocycles. The number of esters is 1. The number of carbonyl (C=O) groups excluding carboxylic acids is 2. The average molecular weight is 349 g/mol. The van der Waals surface area contributed by atoms with E-state index in [-0.39, 0.29) is 29.2 Å². The van der Waals surface area contributed by atoms with Gasteiger partial charge in [0.2, 0.25) is 0 Å². The van der Waals surface area contributed by atoms with Crippen molar-refractivity contribution >= 4 is 23.3 Å². The zero-order chi connectivity index (χ0) is 18.4. The van der Waals surface area contributed by atoms with Gasteiger partial charge in [-0.15, -0.1) is 0 Å². The van der Waals surface area contributed by atoms with Crippen molar-refractivity contribution in [2.75, 3.05) is 11.9 Å². The molecule has 0 aliphatic heterocycles. The molecule has 1 aliphatic rings. The van der Waals surface area contributed by atoms with Gasteiger partial charge in [0.1, 0.15) is 5.69 Å². The van der Waals surface area contributed by atoms with Crippen LogP contribution in [0.1, 0.15) is 49.9 Å². The highest BCUT2D eigenvalue weighted by Crippen LogP contribution is 2.31. The maximum atomic E-state index is 12.0. The van der Waals surface area contributed by atoms with Crippen molar-refractivity contribution in [1.29, 1.82) is 0 Å². The number of rotatable bonds is 9. The Balaban J connectivity index is 1.97. The predicted octanol–water partition coefficient (Wildman–Crippen LogP) is 2.63. The number of carbonyl (C=O) groups is 2. The van der Waals surface area contributed by atoms with Gasteiger partial charge < -0.3 is 15.4 Å². The van der Waals surface area contributed by atoms with Crippen LogP contribution in [-0.2, 0) is 9.53 Å². The monoisotopic (exact) mass is 349 g/mol. The predicted molar refractivity (Wildman–Crippen MR) is 92.5 cm³/mol. The first-order valence-electron chi connectivity index (χ1n) is 8.46. The maximum absolute atomic E-state index is 12.0. The molecule has 25 heavy (non-hydrogen) atoms. The molecule has 0 heterocycles. The minimum atomic E-state index is -0.763. The van der Waals surface area contributed by atoms with Crippen LogP contribution in [0.4, 0.5) is 11.4 Å². The van der Waals surface area contributed by atoms with Crippen molar-refractivity contribution in [2.24, 2.45) is 0 Å². The van der Waals surface area contributed by atoms with Gasteiger partial charge in [0.05, 0.1) is 10.5 Å². The smallest absolute Gasteiger partial charge is 0.338 e. The Morgan fingerprint density at radius 3 is 2.56 bits per heavy atom. The van der Waals surface area contributed by atoms with E-state index in [0.717, 1.165) is 25.7 Å². The number of nitro benzene ring substituents is 1. The molecule has 1 fully saturated rings. The van der Waals surface area contributed by atoms with E-state index in [1.807, 2.05) is 13.8 Å². The van der Waals surface area contributed by atoms with E-state index in [4.69, 9.17) is 4.74 Å². The second-order valence-corrected chi connectivity index (χ2v) is 6.06. The third-order valence-electron chi connectivity index (χ3n) is 4.05. The lowest BCUT2D eigenvalue weighted by atomic mass is 10.1. The molecule has 1 aromatic rings. The molecule has 1 aromatic carbocycles. The third kappa shape index (κ3) is 5.44. The van der Waals surface area contributed by atoms with Gasteiger partial charge in [0.25, 0.3) is 11.6 Å². The van der Waals surface area contributed by atoms with Gasteiger partial charge in [-0.2, -0.15) is 0 Å². The maximum Gasteiger partial charge on any atom is 0.338 e. The second kappa shape index (κ2) is 8.46. The number of nitrogens with one attached hydrogen (secondary N) is 2. The van der Waals surface area contributed by atoms with E-state index in [0.29, 0.717) is 5.69 Å². The number of benzene rings is 1. The zero-order valence-corrected chi connectivity index (χ0v) is 14.4. The summed E-state index contributed by atoms with van der Waals surface area (Å²) in [5.74, 6) is -1.15. The minimum Gasteiger partial charge on any atom is -0.452 e. The highest BCUT2D eigenvalue weighted by atomic mass is 16.6. The van der Waals surface area contributed by atoms with Gasteiger partial charge in [0.15, 0.2) is 6.61 Å². The molecular weight excluding hydrogens is 326 g/mol. The summed E-state index contributed by atoms with van der Waals surface area (Å²) < 4.78 is 4.95. The number of nitro groups is 1. The largest absolute Gasteiger partial charge is 0.452 e. The summed E-state index contributed by atoms with van der Waals surface area (Å²) in [5, 5.41) is 17.0. The Bertz CT molecular complexity index is 654. The molecule has 8 nitrogen and oxygen atoms in total. The first kappa shape index (κ1) is 18.7. The summed E-state index contributed by atoms with van der Waals surface area (Å²) in [6, 6.07) is 4.42. The third-order valence-corrected chi connectivity index (χ3v) is 4.05. The van der Waals surface area contributed by atoms with Crippen LogP contribution in [0.15, 0.2) is 18.2 Å². The SMILES string of the molecule is CCC(CC)NC(=O)COC(=O)c1ccc(NC2CC2)c([N+](=O)[O-])c1. The fraction of sp³-hybridized carbons (Fsp3) is 0.529. The fourth-order valence-electron chi connectivity index (χ4n) is 2.36. The van der Waals surface area contributed by atoms with Gasteiger partial charge >= 0.3 is 5.97 Å². The molecule has 2 N–H and O–H groups in total. The van der Waals surface area contributed by atoms with Crippen molar-refractivity contribution in [1.82, 2.24) is 5.32 Å². The molecule has 2 rings (SSSR count). The van der Waals surface area contributed by atoms with Crippen LogP contribution in [0.3, 0.4) is 0 Å². The van der Waals surface area contributed by atoms with Crippen LogP contribution in [0.25, 0.3) is 0 Å². The van der Waals surface area contributed by atoms with Gasteiger partial charge in [-0.05, 0) is 37.8 Å². The normalized spacial score (nSPS) is 13.4. The topological polar surface area (TPSA) is 111 Å². The fourth-order valence-corrected chi connectivity index (χ4v) is 2.36. The number of anilines is 1. The number of amides is 1. The Morgan fingerprint density at radius 2 is 2.00 bits per heavy atom. The van der Waals surface area contributed by atoms with Crippen LogP contribution in [0.5, 0.6) is 0 Å². The van der Waals surface area contributed by atoms with Gasteiger partial charge in [-0.25, -0.2) is 4.79 Å². The Hall–Kier alpha value is -2.64. The van der Waals surface area contributed by atoms with Crippen molar-refractivity contribution in [3.05, 3.63) is 33.9 Å². The van der Waals surface area contributed by atoms with Crippen molar-refractivity contribution < 1.29 is 19.2 Å². The Labute approximate surface area is 146 Å². The van der Waals surface area contributed by atoms with Gasteiger partial charge in [-0.1, -0.05) is 13.8 Å². The minimum absolute atomic E-state index is 0.0417. The van der Waals surface area contributed by atoms with E-state index in [9.17, 15) is 19.7 Å². The molecule has 0 aromatic heterocycles. The lowest BCUT2D eigenvalue weighted by Gasteiger charge is -2.14. The van der Waals surface area contributed by atoms with Crippen molar-refractivity contribution in [2.45, 2.75) is 51.6 Å². The summed E-state index contributed by atoms with van der Waals surface area (Å²) in [7, 11) is 0. The molecule has 1 amide bonds. The van der Waals surface area contributed by atoms with Gasteiger partial charge in [0, 0.05) is 18.2 Å². The lowest BCUT2D eigenvalue weighted by Crippen LogP contribution is -2.36. The Morgan fingerprint density at radius 1 is 1.32 bits per heavy atom. The molecule has 0 spiro atoms. The highest BCUT2D eigenvalue weighted by molar-refractivity contribution is 5.93. The van der Waals surface area contributed by atoms with E-state index >= 15 is 0 Å². The van der Waals surface area contributed by atoms with Crippen molar-refractivity contribution in [3.63, 3.8) is 0 Å². The summed E-state index contributed by atoms with van der Waals surface area (Å²) in [4.78, 5) is 34.5. The van der Waals surface area contributed by atoms with Crippen LogP contribution < -0.4 is 10.6 Å². The molecular formula is C17H23N3O5. The Kier molecular flexibility index (Phi) is 6.32. The van der Waals surface area contributed by atoms with Crippen LogP contribution in [-0.4, -0.2) is 35.5 Å². The zero-order valence-electron chi connectivity index (χ0n) is 14.4. The standard InChI is InChI=1S/C17H23N3O5/c1-3-12(4-2)19-16(21)10-25-17(22)11-5-8-14(18-13-6-7-13)15(9-11)20(23)24/h5,8-9,12-13,18H,3-4,6-7,10H2,1-2H3,(H,19,21). The summed E-state index contributed by atoms with van der Waals surface area (Å²) in [6.45, 7) is 3.50.